The van der Waals surface area contributed by atoms with Crippen molar-refractivity contribution in [2.24, 2.45) is 0 Å². The van der Waals surface area contributed by atoms with Crippen LogP contribution in [0.1, 0.15) is 38.5 Å². The second kappa shape index (κ2) is 15.3. The molecule has 1 aliphatic carbocycles. The molecule has 0 nitrogen and oxygen atoms in total. The first kappa shape index (κ1) is 18.0. The van der Waals surface area contributed by atoms with E-state index in [2.05, 4.69) is 30.4 Å². The van der Waals surface area contributed by atoms with E-state index in [0.717, 1.165) is 6.42 Å². The highest BCUT2D eigenvalue weighted by atomic mass is 13.9. The molecule has 0 atom stereocenters. The fourth-order valence-corrected chi connectivity index (χ4v) is 1.93. The van der Waals surface area contributed by atoms with Crippen molar-refractivity contribution < 1.29 is 0 Å². The lowest BCUT2D eigenvalue weighted by molar-refractivity contribution is 0.649. The van der Waals surface area contributed by atoms with Crippen LogP contribution in [0.4, 0.5) is 0 Å². The number of hydrogen-bond donors (Lipinski definition) is 0. The Bertz CT molecular complexity index is 430. The van der Waals surface area contributed by atoms with Gasteiger partial charge in [0.25, 0.3) is 0 Å². The zero-order valence-electron chi connectivity index (χ0n) is 13.4. The molecule has 0 aromatic carbocycles. The van der Waals surface area contributed by atoms with E-state index in [-0.39, 0.29) is 0 Å². The van der Waals surface area contributed by atoms with Gasteiger partial charge in [-0.15, -0.1) is 0 Å². The summed E-state index contributed by atoms with van der Waals surface area (Å²) in [5.41, 5.74) is 0. The first-order valence-electron chi connectivity index (χ1n) is 8.22. The zero-order chi connectivity index (χ0) is 15.6. The maximum atomic E-state index is 3.32. The van der Waals surface area contributed by atoms with Gasteiger partial charge in [0.15, 0.2) is 0 Å². The van der Waals surface area contributed by atoms with Gasteiger partial charge < -0.3 is 0 Å². The highest BCUT2D eigenvalue weighted by Crippen LogP contribution is 2.06. The third-order valence-corrected chi connectivity index (χ3v) is 3.13. The summed E-state index contributed by atoms with van der Waals surface area (Å²) in [5.74, 6) is 0. The van der Waals surface area contributed by atoms with Gasteiger partial charge in [-0.3, -0.25) is 0 Å². The van der Waals surface area contributed by atoms with E-state index in [4.69, 9.17) is 0 Å². The molecule has 0 amide bonds. The maximum absolute atomic E-state index is 3.32. The summed E-state index contributed by atoms with van der Waals surface area (Å²) in [6, 6.07) is 0. The van der Waals surface area contributed by atoms with Crippen LogP contribution in [0, 0.1) is 6.08 Å². The molecule has 1 radical (unpaired) electrons. The van der Waals surface area contributed by atoms with Crippen molar-refractivity contribution in [2.45, 2.75) is 38.5 Å². The van der Waals surface area contributed by atoms with Crippen LogP contribution in [0.2, 0.25) is 0 Å². The normalized spacial score (nSPS) is 29.8. The van der Waals surface area contributed by atoms with Crippen molar-refractivity contribution in [3.63, 3.8) is 0 Å². The molecule has 1 aliphatic rings. The lowest BCUT2D eigenvalue weighted by atomic mass is 10.1. The van der Waals surface area contributed by atoms with Crippen molar-refractivity contribution in [1.82, 2.24) is 0 Å². The summed E-state index contributed by atoms with van der Waals surface area (Å²) in [4.78, 5) is 0. The third kappa shape index (κ3) is 12.9. The van der Waals surface area contributed by atoms with Gasteiger partial charge in [0.05, 0.1) is 0 Å². The minimum atomic E-state index is 1.06. The largest absolute Gasteiger partial charge is 0.0845 e. The summed E-state index contributed by atoms with van der Waals surface area (Å²) < 4.78 is 0. The SMILES string of the molecule is [C]1=C/C=C\C=C\C=C\C=C\C=C/C=C/C=C/CCCCCC/1. The molecular weight excluding hydrogens is 264 g/mol. The maximum Gasteiger partial charge on any atom is -0.0276 e. The summed E-state index contributed by atoms with van der Waals surface area (Å²) >= 11 is 0. The summed E-state index contributed by atoms with van der Waals surface area (Å²) in [6.45, 7) is 0. The first-order valence-corrected chi connectivity index (χ1v) is 8.22. The minimum absolute atomic E-state index is 1.06. The Hall–Kier alpha value is -2.08. The number of allylic oxidation sites excluding steroid dienone is 16. The molecule has 0 N–H and O–H groups in total. The van der Waals surface area contributed by atoms with Crippen LogP contribution in [0.3, 0.4) is 0 Å². The van der Waals surface area contributed by atoms with Crippen LogP contribution in [0.25, 0.3) is 0 Å². The zero-order valence-corrected chi connectivity index (χ0v) is 13.4. The number of hydrogen-bond acceptors (Lipinski definition) is 0. The molecule has 0 saturated carbocycles. The van der Waals surface area contributed by atoms with Gasteiger partial charge in [0.1, 0.15) is 0 Å². The fourth-order valence-electron chi connectivity index (χ4n) is 1.93. The molecule has 0 aliphatic heterocycles. The Morgan fingerprint density at radius 2 is 0.955 bits per heavy atom. The Balaban J connectivity index is 2.46. The molecule has 0 heteroatoms. The highest BCUT2D eigenvalue weighted by Gasteiger charge is 1.87. The van der Waals surface area contributed by atoms with Crippen LogP contribution < -0.4 is 0 Å². The van der Waals surface area contributed by atoms with Gasteiger partial charge in [-0.2, -0.15) is 0 Å². The Morgan fingerprint density at radius 1 is 0.455 bits per heavy atom. The van der Waals surface area contributed by atoms with Crippen molar-refractivity contribution in [2.75, 3.05) is 0 Å². The monoisotopic (exact) mass is 291 g/mol. The molecule has 1 rings (SSSR count). The molecular formula is C22H27. The van der Waals surface area contributed by atoms with E-state index in [1.807, 2.05) is 66.8 Å². The average molecular weight is 291 g/mol. The van der Waals surface area contributed by atoms with E-state index in [1.54, 1.807) is 0 Å². The Kier molecular flexibility index (Phi) is 12.5. The van der Waals surface area contributed by atoms with Crippen LogP contribution in [0.15, 0.2) is 91.1 Å². The van der Waals surface area contributed by atoms with E-state index >= 15 is 0 Å². The molecule has 0 spiro atoms. The summed E-state index contributed by atoms with van der Waals surface area (Å²) in [7, 11) is 0. The standard InChI is InChI=1S/C22H27/c1-2-4-6-8-10-12-14-16-18-20-22-21-19-17-15-13-11-9-7-5-3-1/h1-15H,16,18-22H2/b2-1+,5-3+,6-4-,9-7+,10-8+,13-11-,14-12+,17-15?. The van der Waals surface area contributed by atoms with E-state index in [1.165, 1.54) is 32.1 Å². The van der Waals surface area contributed by atoms with E-state index in [0.29, 0.717) is 0 Å². The average Bonchev–Trinajstić information content (AvgIpc) is 2.53. The van der Waals surface area contributed by atoms with E-state index in [9.17, 15) is 0 Å². The Labute approximate surface area is 136 Å². The quantitative estimate of drug-likeness (QED) is 0.472. The fraction of sp³-hybridized carbons (Fsp3) is 0.273. The van der Waals surface area contributed by atoms with Gasteiger partial charge in [0, 0.05) is 0 Å². The topological polar surface area (TPSA) is 0 Å². The molecule has 0 heterocycles. The molecule has 0 fully saturated rings. The second-order valence-electron chi connectivity index (χ2n) is 5.06. The molecule has 0 aromatic rings. The van der Waals surface area contributed by atoms with Crippen molar-refractivity contribution in [3.8, 4) is 0 Å². The van der Waals surface area contributed by atoms with E-state index < -0.39 is 0 Å². The van der Waals surface area contributed by atoms with Crippen LogP contribution in [-0.2, 0) is 0 Å². The molecule has 0 bridgehead atoms. The van der Waals surface area contributed by atoms with Crippen LogP contribution in [0.5, 0.6) is 0 Å². The van der Waals surface area contributed by atoms with Gasteiger partial charge in [-0.05, 0) is 31.8 Å². The van der Waals surface area contributed by atoms with Gasteiger partial charge in [-0.1, -0.05) is 104 Å². The smallest absolute Gasteiger partial charge is 0.0276 e. The Morgan fingerprint density at radius 3 is 1.59 bits per heavy atom. The lowest BCUT2D eigenvalue weighted by Gasteiger charge is -1.96. The lowest BCUT2D eigenvalue weighted by Crippen LogP contribution is -1.76. The molecule has 0 aromatic heterocycles. The highest BCUT2D eigenvalue weighted by molar-refractivity contribution is 5.21. The first-order chi connectivity index (χ1) is 11.0. The minimum Gasteiger partial charge on any atom is -0.0845 e. The van der Waals surface area contributed by atoms with Crippen molar-refractivity contribution in [3.05, 3.63) is 97.2 Å². The number of rotatable bonds is 0. The van der Waals surface area contributed by atoms with Crippen molar-refractivity contribution >= 4 is 0 Å². The van der Waals surface area contributed by atoms with Crippen LogP contribution in [-0.4, -0.2) is 0 Å². The summed E-state index contributed by atoms with van der Waals surface area (Å²) in [5, 5.41) is 0. The second-order valence-corrected chi connectivity index (χ2v) is 5.06. The molecule has 22 heavy (non-hydrogen) atoms. The molecule has 0 saturated heterocycles. The van der Waals surface area contributed by atoms with Gasteiger partial charge in [0.2, 0.25) is 0 Å². The predicted molar refractivity (Wildman–Crippen MR) is 99.5 cm³/mol. The van der Waals surface area contributed by atoms with Crippen LogP contribution >= 0.6 is 0 Å². The van der Waals surface area contributed by atoms with Gasteiger partial charge >= 0.3 is 0 Å². The predicted octanol–water partition coefficient (Wildman–Crippen LogP) is 6.59. The van der Waals surface area contributed by atoms with Crippen molar-refractivity contribution in [1.29, 1.82) is 0 Å². The van der Waals surface area contributed by atoms with Gasteiger partial charge in [-0.25, -0.2) is 0 Å². The molecule has 0 unspecified atom stereocenters. The third-order valence-electron chi connectivity index (χ3n) is 3.13. The molecule has 115 valence electrons. The summed E-state index contributed by atoms with van der Waals surface area (Å²) in [6.07, 6.45) is 41.5.